The molecule has 44 heavy (non-hydrogen) atoms. The third-order valence-electron chi connectivity index (χ3n) is 6.76. The van der Waals surface area contributed by atoms with Gasteiger partial charge in [0.05, 0.1) is 40.7 Å². The summed E-state index contributed by atoms with van der Waals surface area (Å²) in [4.78, 5) is 18.5. The zero-order valence-corrected chi connectivity index (χ0v) is 28.3. The summed E-state index contributed by atoms with van der Waals surface area (Å²) >= 11 is 10.7. The van der Waals surface area contributed by atoms with Crippen LogP contribution in [0.2, 0.25) is 0 Å². The van der Waals surface area contributed by atoms with Gasteiger partial charge in [-0.05, 0) is 83.0 Å². The first-order chi connectivity index (χ1) is 21.4. The number of aromatic nitrogens is 2. The molecule has 0 saturated carbocycles. The quantitative estimate of drug-likeness (QED) is 0.136. The number of hydrogen-bond donors (Lipinski definition) is 0. The number of rotatable bonds is 9. The molecule has 0 radical (unpaired) electrons. The van der Waals surface area contributed by atoms with Crippen LogP contribution in [0.5, 0.6) is 17.2 Å². The van der Waals surface area contributed by atoms with E-state index in [0.29, 0.717) is 62.7 Å². The van der Waals surface area contributed by atoms with Crippen LogP contribution in [0.15, 0.2) is 107 Å². The van der Waals surface area contributed by atoms with Crippen molar-refractivity contribution in [1.29, 1.82) is 0 Å². The van der Waals surface area contributed by atoms with Crippen molar-refractivity contribution < 1.29 is 18.6 Å². The van der Waals surface area contributed by atoms with E-state index in [1.807, 2.05) is 61.5 Å². The van der Waals surface area contributed by atoms with Crippen molar-refractivity contribution in [2.45, 2.75) is 13.5 Å². The summed E-state index contributed by atoms with van der Waals surface area (Å²) < 4.78 is 27.6. The van der Waals surface area contributed by atoms with Crippen molar-refractivity contribution in [1.82, 2.24) is 9.66 Å². The number of ether oxygens (including phenoxy) is 3. The Labute approximate surface area is 277 Å². The minimum atomic E-state index is -0.335. The highest BCUT2D eigenvalue weighted by molar-refractivity contribution is 9.11. The standard InChI is InChI=1S/C33H24Br3N3O5/c1-3-42-29-14-19(13-25(36)31(29)43-18-20-11-12-21(34)15-24(20)35)17-37-39-32(38-26-8-5-4-7-22(26)33(39)40)30-16-23-27(41-2)9-6-10-28(23)44-30/h4-17H,3,18H2,1-2H3. The van der Waals surface area contributed by atoms with Crippen LogP contribution in [-0.4, -0.2) is 29.6 Å². The molecule has 0 aliphatic carbocycles. The molecule has 0 saturated heterocycles. The summed E-state index contributed by atoms with van der Waals surface area (Å²) in [6.07, 6.45) is 1.58. The van der Waals surface area contributed by atoms with Gasteiger partial charge in [-0.3, -0.25) is 4.79 Å². The maximum atomic E-state index is 13.7. The van der Waals surface area contributed by atoms with Crippen LogP contribution in [0.3, 0.4) is 0 Å². The second-order valence-electron chi connectivity index (χ2n) is 9.58. The molecule has 4 aromatic carbocycles. The molecule has 0 N–H and O–H groups in total. The Balaban J connectivity index is 1.41. The SMILES string of the molecule is CCOc1cc(C=Nn2c(-c3cc4c(OC)cccc4o3)nc3ccccc3c2=O)cc(Br)c1OCc1ccc(Br)cc1Br. The van der Waals surface area contributed by atoms with Crippen molar-refractivity contribution in [2.75, 3.05) is 13.7 Å². The average Bonchev–Trinajstić information content (AvgIpc) is 3.46. The smallest absolute Gasteiger partial charge is 0.282 e. The van der Waals surface area contributed by atoms with Gasteiger partial charge in [-0.1, -0.05) is 56.1 Å². The summed E-state index contributed by atoms with van der Waals surface area (Å²) in [5, 5.41) is 5.79. The van der Waals surface area contributed by atoms with Gasteiger partial charge < -0.3 is 18.6 Å². The van der Waals surface area contributed by atoms with E-state index < -0.39 is 0 Å². The van der Waals surface area contributed by atoms with E-state index in [1.54, 1.807) is 37.6 Å². The molecule has 8 nitrogen and oxygen atoms in total. The molecule has 222 valence electrons. The number of halogens is 3. The minimum Gasteiger partial charge on any atom is -0.496 e. The third kappa shape index (κ3) is 6.04. The molecule has 0 unspecified atom stereocenters. The summed E-state index contributed by atoms with van der Waals surface area (Å²) in [5.74, 6) is 2.38. The second kappa shape index (κ2) is 13.0. The first kappa shape index (κ1) is 30.1. The normalized spacial score (nSPS) is 11.5. The number of methoxy groups -OCH3 is 1. The highest BCUT2D eigenvalue weighted by atomic mass is 79.9. The van der Waals surface area contributed by atoms with Gasteiger partial charge in [0.25, 0.3) is 5.56 Å². The number of para-hydroxylation sites is 1. The Kier molecular flexibility index (Phi) is 8.88. The predicted octanol–water partition coefficient (Wildman–Crippen LogP) is 8.97. The fraction of sp³-hybridized carbons (Fsp3) is 0.121. The molecule has 0 spiro atoms. The van der Waals surface area contributed by atoms with E-state index in [1.165, 1.54) is 4.68 Å². The van der Waals surface area contributed by atoms with Gasteiger partial charge in [0.2, 0.25) is 5.82 Å². The maximum Gasteiger partial charge on any atom is 0.282 e. The lowest BCUT2D eigenvalue weighted by atomic mass is 10.2. The van der Waals surface area contributed by atoms with Crippen LogP contribution in [-0.2, 0) is 6.61 Å². The summed E-state index contributed by atoms with van der Waals surface area (Å²) in [6, 6.07) is 24.0. The molecular weight excluding hydrogens is 758 g/mol. The molecule has 6 rings (SSSR count). The van der Waals surface area contributed by atoms with Crippen molar-refractivity contribution in [3.63, 3.8) is 0 Å². The van der Waals surface area contributed by atoms with E-state index in [4.69, 9.17) is 23.6 Å². The van der Waals surface area contributed by atoms with Crippen LogP contribution >= 0.6 is 47.8 Å². The van der Waals surface area contributed by atoms with Crippen molar-refractivity contribution in [3.05, 3.63) is 114 Å². The third-order valence-corrected chi connectivity index (χ3v) is 8.58. The molecule has 2 aromatic heterocycles. The molecular formula is C33H24Br3N3O5. The molecule has 0 atom stereocenters. The van der Waals surface area contributed by atoms with Gasteiger partial charge in [0.15, 0.2) is 17.3 Å². The molecule has 0 fully saturated rings. The molecule has 2 heterocycles. The van der Waals surface area contributed by atoms with Gasteiger partial charge in [0, 0.05) is 14.5 Å². The maximum absolute atomic E-state index is 13.7. The molecule has 0 aliphatic heterocycles. The van der Waals surface area contributed by atoms with E-state index in [-0.39, 0.29) is 11.4 Å². The average molecular weight is 782 g/mol. The first-order valence-corrected chi connectivity index (χ1v) is 15.9. The Morgan fingerprint density at radius 1 is 0.909 bits per heavy atom. The first-order valence-electron chi connectivity index (χ1n) is 13.5. The van der Waals surface area contributed by atoms with Crippen molar-refractivity contribution in [3.8, 4) is 28.8 Å². The van der Waals surface area contributed by atoms with E-state index >= 15 is 0 Å². The highest BCUT2D eigenvalue weighted by Crippen LogP contribution is 2.38. The van der Waals surface area contributed by atoms with E-state index in [2.05, 4.69) is 52.9 Å². The Morgan fingerprint density at radius 2 is 1.75 bits per heavy atom. The molecule has 6 aromatic rings. The number of hydrogen-bond acceptors (Lipinski definition) is 7. The monoisotopic (exact) mass is 779 g/mol. The van der Waals surface area contributed by atoms with Crippen LogP contribution in [0.1, 0.15) is 18.1 Å². The molecule has 0 bridgehead atoms. The summed E-state index contributed by atoms with van der Waals surface area (Å²) in [7, 11) is 1.60. The minimum absolute atomic E-state index is 0.257. The Morgan fingerprint density at radius 3 is 2.55 bits per heavy atom. The van der Waals surface area contributed by atoms with Crippen molar-refractivity contribution >= 4 is 75.9 Å². The number of benzene rings is 4. The lowest BCUT2D eigenvalue weighted by Crippen LogP contribution is -2.20. The van der Waals surface area contributed by atoms with Gasteiger partial charge in [-0.2, -0.15) is 9.78 Å². The Hall–Kier alpha value is -3.93. The van der Waals surface area contributed by atoms with Crippen LogP contribution < -0.4 is 19.8 Å². The fourth-order valence-corrected chi connectivity index (χ4v) is 6.43. The van der Waals surface area contributed by atoms with Crippen LogP contribution in [0.4, 0.5) is 0 Å². The number of nitrogens with zero attached hydrogens (tertiary/aromatic N) is 3. The Bertz CT molecular complexity index is 2110. The fourth-order valence-electron chi connectivity index (χ4n) is 4.69. The van der Waals surface area contributed by atoms with Crippen LogP contribution in [0, 0.1) is 0 Å². The van der Waals surface area contributed by atoms with E-state index in [9.17, 15) is 4.79 Å². The predicted molar refractivity (Wildman–Crippen MR) is 182 cm³/mol. The number of fused-ring (bicyclic) bond motifs is 2. The lowest BCUT2D eigenvalue weighted by Gasteiger charge is -2.15. The zero-order chi connectivity index (χ0) is 30.8. The molecule has 0 amide bonds. The van der Waals surface area contributed by atoms with Gasteiger partial charge in [-0.25, -0.2) is 4.98 Å². The zero-order valence-electron chi connectivity index (χ0n) is 23.5. The summed E-state index contributed by atoms with van der Waals surface area (Å²) in [5.41, 5.74) is 2.46. The number of furan rings is 1. The molecule has 11 heteroatoms. The van der Waals surface area contributed by atoms with Gasteiger partial charge >= 0.3 is 0 Å². The molecule has 0 aliphatic rings. The van der Waals surface area contributed by atoms with Gasteiger partial charge in [0.1, 0.15) is 17.9 Å². The second-order valence-corrected chi connectivity index (χ2v) is 12.2. The summed E-state index contributed by atoms with van der Waals surface area (Å²) in [6.45, 7) is 2.65. The van der Waals surface area contributed by atoms with E-state index in [0.717, 1.165) is 19.9 Å². The lowest BCUT2D eigenvalue weighted by molar-refractivity contribution is 0.267. The van der Waals surface area contributed by atoms with Gasteiger partial charge in [-0.15, -0.1) is 0 Å². The van der Waals surface area contributed by atoms with Crippen molar-refractivity contribution in [2.24, 2.45) is 5.10 Å². The highest BCUT2D eigenvalue weighted by Gasteiger charge is 2.18. The van der Waals surface area contributed by atoms with Crippen LogP contribution in [0.25, 0.3) is 33.5 Å². The largest absolute Gasteiger partial charge is 0.496 e. The topological polar surface area (TPSA) is 88.1 Å².